The van der Waals surface area contributed by atoms with Gasteiger partial charge in [-0.3, -0.25) is 0 Å². The average molecular weight is 670 g/mol. The summed E-state index contributed by atoms with van der Waals surface area (Å²) in [5.41, 5.74) is 13.6. The molecule has 1 heterocycles. The van der Waals surface area contributed by atoms with Gasteiger partial charge in [-0.15, -0.1) is 11.3 Å². The molecule has 0 fully saturated rings. The molecule has 0 atom stereocenters. The lowest BCUT2D eigenvalue weighted by Gasteiger charge is -2.30. The van der Waals surface area contributed by atoms with E-state index in [1.807, 2.05) is 11.3 Å². The first-order valence-corrected chi connectivity index (χ1v) is 18.5. The van der Waals surface area contributed by atoms with E-state index in [-0.39, 0.29) is 5.41 Å². The van der Waals surface area contributed by atoms with Gasteiger partial charge in [-0.1, -0.05) is 147 Å². The smallest absolute Gasteiger partial charge is 0.0540 e. The van der Waals surface area contributed by atoms with Gasteiger partial charge in [0.05, 0.1) is 5.69 Å². The summed E-state index contributed by atoms with van der Waals surface area (Å²) in [6.45, 7) is 4.73. The number of thiophene rings is 1. The molecular weight excluding hydrogens is 635 g/mol. The van der Waals surface area contributed by atoms with Gasteiger partial charge < -0.3 is 4.90 Å². The Balaban J connectivity index is 1.18. The van der Waals surface area contributed by atoms with Crippen molar-refractivity contribution < 1.29 is 0 Å². The quantitative estimate of drug-likeness (QED) is 0.176. The fraction of sp³-hybridized carbons (Fsp3) is 0.0612. The Morgan fingerprint density at radius 3 is 1.92 bits per heavy atom. The minimum Gasteiger partial charge on any atom is -0.310 e. The van der Waals surface area contributed by atoms with E-state index in [0.717, 1.165) is 17.1 Å². The fourth-order valence-corrected chi connectivity index (χ4v) is 9.50. The number of rotatable bonds is 5. The zero-order valence-corrected chi connectivity index (χ0v) is 29.4. The van der Waals surface area contributed by atoms with E-state index in [0.29, 0.717) is 0 Å². The number of hydrogen-bond donors (Lipinski definition) is 0. The van der Waals surface area contributed by atoms with E-state index in [2.05, 4.69) is 195 Å². The normalized spacial score (nSPS) is 13.1. The number of hydrogen-bond acceptors (Lipinski definition) is 2. The van der Waals surface area contributed by atoms with Crippen LogP contribution in [0.4, 0.5) is 17.1 Å². The first kappa shape index (κ1) is 29.9. The van der Waals surface area contributed by atoms with Crippen molar-refractivity contribution >= 4 is 59.3 Å². The maximum Gasteiger partial charge on any atom is 0.0540 e. The van der Waals surface area contributed by atoms with Crippen molar-refractivity contribution in [3.05, 3.63) is 187 Å². The molecule has 1 aliphatic carbocycles. The van der Waals surface area contributed by atoms with Crippen LogP contribution in [0.3, 0.4) is 0 Å². The maximum absolute atomic E-state index is 2.48. The van der Waals surface area contributed by atoms with Crippen LogP contribution in [0.25, 0.3) is 64.3 Å². The fourth-order valence-electron chi connectivity index (χ4n) is 8.36. The van der Waals surface area contributed by atoms with Crippen LogP contribution in [-0.4, -0.2) is 0 Å². The Morgan fingerprint density at radius 1 is 0.412 bits per heavy atom. The first-order chi connectivity index (χ1) is 25.0. The van der Waals surface area contributed by atoms with Gasteiger partial charge in [0.2, 0.25) is 0 Å². The van der Waals surface area contributed by atoms with Gasteiger partial charge in [-0.2, -0.15) is 0 Å². The highest BCUT2D eigenvalue weighted by Crippen LogP contribution is 2.51. The number of fused-ring (bicyclic) bond motifs is 7. The molecule has 0 radical (unpaired) electrons. The van der Waals surface area contributed by atoms with Crippen molar-refractivity contribution in [2.75, 3.05) is 4.90 Å². The lowest BCUT2D eigenvalue weighted by Crippen LogP contribution is -2.16. The summed E-state index contributed by atoms with van der Waals surface area (Å²) in [4.78, 5) is 2.48. The molecule has 1 nitrogen and oxygen atoms in total. The van der Waals surface area contributed by atoms with Gasteiger partial charge >= 0.3 is 0 Å². The largest absolute Gasteiger partial charge is 0.310 e. The number of nitrogens with zero attached hydrogens (tertiary/aromatic N) is 1. The Morgan fingerprint density at radius 2 is 1.02 bits per heavy atom. The standard InChI is InChI=1S/C49H35NS/c1-49(2)44-22-8-5-19-40(44)41-27-25-35(30-45(41)49)50(36-26-28-43-42-20-7-10-24-47(42)51-48(43)31-36)46-23-9-6-18-39(46)34-16-11-15-33(29-34)38-21-12-14-32-13-3-4-17-37(32)38/h3-31H,1-2H3. The molecular formula is C49H35NS. The Labute approximate surface area is 302 Å². The molecule has 1 aliphatic rings. The van der Waals surface area contributed by atoms with Crippen LogP contribution in [0.2, 0.25) is 0 Å². The Hall–Kier alpha value is -5.96. The van der Waals surface area contributed by atoms with Crippen LogP contribution in [0.5, 0.6) is 0 Å². The molecule has 242 valence electrons. The lowest BCUT2D eigenvalue weighted by molar-refractivity contribution is 0.660. The summed E-state index contributed by atoms with van der Waals surface area (Å²) in [6.07, 6.45) is 0. The third-order valence-corrected chi connectivity index (χ3v) is 12.0. The highest BCUT2D eigenvalue weighted by atomic mass is 32.1. The molecule has 0 aliphatic heterocycles. The van der Waals surface area contributed by atoms with Crippen molar-refractivity contribution in [3.8, 4) is 33.4 Å². The van der Waals surface area contributed by atoms with Crippen molar-refractivity contribution in [3.63, 3.8) is 0 Å². The lowest BCUT2D eigenvalue weighted by atomic mass is 9.82. The molecule has 10 rings (SSSR count). The van der Waals surface area contributed by atoms with Gasteiger partial charge in [-0.25, -0.2) is 0 Å². The number of para-hydroxylation sites is 1. The molecule has 0 N–H and O–H groups in total. The highest BCUT2D eigenvalue weighted by molar-refractivity contribution is 7.25. The molecule has 0 saturated heterocycles. The first-order valence-electron chi connectivity index (χ1n) is 17.7. The van der Waals surface area contributed by atoms with Crippen LogP contribution >= 0.6 is 11.3 Å². The SMILES string of the molecule is CC1(C)c2ccccc2-c2ccc(N(c3ccc4c(c3)sc3ccccc34)c3ccccc3-c3cccc(-c4cccc5ccccc45)c3)cc21. The Bertz CT molecular complexity index is 2800. The molecule has 51 heavy (non-hydrogen) atoms. The summed E-state index contributed by atoms with van der Waals surface area (Å²) in [5.74, 6) is 0. The van der Waals surface area contributed by atoms with E-state index < -0.39 is 0 Å². The average Bonchev–Trinajstić information content (AvgIpc) is 3.66. The van der Waals surface area contributed by atoms with Crippen LogP contribution in [0, 0.1) is 0 Å². The molecule has 2 heteroatoms. The van der Waals surface area contributed by atoms with E-state index >= 15 is 0 Å². The van der Waals surface area contributed by atoms with Gasteiger partial charge in [0, 0.05) is 42.5 Å². The second-order valence-electron chi connectivity index (χ2n) is 14.1. The summed E-state index contributed by atoms with van der Waals surface area (Å²) < 4.78 is 2.61. The van der Waals surface area contributed by atoms with Crippen molar-refractivity contribution in [2.45, 2.75) is 19.3 Å². The number of anilines is 3. The van der Waals surface area contributed by atoms with Crippen molar-refractivity contribution in [1.29, 1.82) is 0 Å². The Kier molecular flexibility index (Phi) is 6.78. The third-order valence-electron chi connectivity index (χ3n) is 10.9. The molecule has 8 aromatic carbocycles. The second kappa shape index (κ2) is 11.6. The molecule has 0 spiro atoms. The summed E-state index contributed by atoms with van der Waals surface area (Å²) in [6, 6.07) is 64.9. The van der Waals surface area contributed by atoms with Gasteiger partial charge in [-0.05, 0) is 92.2 Å². The van der Waals surface area contributed by atoms with Crippen molar-refractivity contribution in [1.82, 2.24) is 0 Å². The van der Waals surface area contributed by atoms with Crippen LogP contribution in [-0.2, 0) is 5.41 Å². The minimum atomic E-state index is -0.102. The predicted octanol–water partition coefficient (Wildman–Crippen LogP) is 14.3. The summed E-state index contributed by atoms with van der Waals surface area (Å²) in [7, 11) is 0. The summed E-state index contributed by atoms with van der Waals surface area (Å²) >= 11 is 1.87. The third kappa shape index (κ3) is 4.75. The highest BCUT2D eigenvalue weighted by Gasteiger charge is 2.36. The summed E-state index contributed by atoms with van der Waals surface area (Å²) in [5, 5.41) is 5.15. The van der Waals surface area contributed by atoms with Crippen LogP contribution < -0.4 is 4.90 Å². The van der Waals surface area contributed by atoms with Crippen LogP contribution in [0.15, 0.2) is 176 Å². The number of benzene rings is 8. The van der Waals surface area contributed by atoms with Gasteiger partial charge in [0.15, 0.2) is 0 Å². The maximum atomic E-state index is 2.48. The van der Waals surface area contributed by atoms with E-state index in [4.69, 9.17) is 0 Å². The molecule has 0 saturated carbocycles. The van der Waals surface area contributed by atoms with E-state index in [9.17, 15) is 0 Å². The van der Waals surface area contributed by atoms with Gasteiger partial charge in [0.25, 0.3) is 0 Å². The van der Waals surface area contributed by atoms with E-state index in [1.165, 1.54) is 75.5 Å². The predicted molar refractivity (Wildman–Crippen MR) is 220 cm³/mol. The molecule has 0 amide bonds. The topological polar surface area (TPSA) is 3.24 Å². The zero-order valence-electron chi connectivity index (χ0n) is 28.6. The molecule has 0 bridgehead atoms. The second-order valence-corrected chi connectivity index (χ2v) is 15.2. The van der Waals surface area contributed by atoms with Crippen molar-refractivity contribution in [2.24, 2.45) is 0 Å². The molecule has 1 aromatic heterocycles. The van der Waals surface area contributed by atoms with E-state index in [1.54, 1.807) is 0 Å². The van der Waals surface area contributed by atoms with Gasteiger partial charge in [0.1, 0.15) is 0 Å². The minimum absolute atomic E-state index is 0.102. The monoisotopic (exact) mass is 669 g/mol. The molecule has 9 aromatic rings. The molecule has 0 unspecified atom stereocenters. The zero-order chi connectivity index (χ0) is 34.1. The van der Waals surface area contributed by atoms with Crippen LogP contribution in [0.1, 0.15) is 25.0 Å².